The van der Waals surface area contributed by atoms with Crippen molar-refractivity contribution in [3.8, 4) is 22.6 Å². The molecule has 0 saturated carbocycles. The minimum absolute atomic E-state index is 0.0373. The number of fused-ring (bicyclic) bond motifs is 1. The van der Waals surface area contributed by atoms with E-state index in [4.69, 9.17) is 10.5 Å². The Morgan fingerprint density at radius 1 is 1.00 bits per heavy atom. The molecule has 0 bridgehead atoms. The van der Waals surface area contributed by atoms with Crippen LogP contribution in [0.15, 0.2) is 54.6 Å². The van der Waals surface area contributed by atoms with Crippen LogP contribution < -0.4 is 21.1 Å². The number of sulfonamides is 1. The number of nitrogens with one attached hydrogen (secondary N) is 3. The first kappa shape index (κ1) is 32.1. The van der Waals surface area contributed by atoms with Gasteiger partial charge in [-0.25, -0.2) is 32.6 Å². The first-order chi connectivity index (χ1) is 20.1. The molecule has 5 N–H and O–H groups in total. The van der Waals surface area contributed by atoms with Crippen molar-refractivity contribution in [2.24, 2.45) is 0 Å². The van der Waals surface area contributed by atoms with Gasteiger partial charge in [-0.15, -0.1) is 0 Å². The van der Waals surface area contributed by atoms with Gasteiger partial charge in [-0.05, 0) is 68.8 Å². The summed E-state index contributed by atoms with van der Waals surface area (Å²) in [5, 5.41) is 5.12. The van der Waals surface area contributed by atoms with Crippen molar-refractivity contribution in [2.75, 3.05) is 48.5 Å². The zero-order valence-electron chi connectivity index (χ0n) is 23.4. The Balaban J connectivity index is 0.000000892. The van der Waals surface area contributed by atoms with Gasteiger partial charge in [0.25, 0.3) is 0 Å². The first-order valence-electron chi connectivity index (χ1n) is 13.1. The Morgan fingerprint density at radius 2 is 1.71 bits per heavy atom. The number of carbonyl (C=O) groups is 1. The number of hydrogen-bond donors (Lipinski definition) is 4. The number of anilines is 3. The zero-order valence-corrected chi connectivity index (χ0v) is 24.3. The van der Waals surface area contributed by atoms with E-state index in [9.17, 15) is 17.6 Å². The molecule has 2 aromatic carbocycles. The minimum Gasteiger partial charge on any atom is -0.382 e. The fraction of sp³-hybridized carbons (Fsp3) is 0.286. The summed E-state index contributed by atoms with van der Waals surface area (Å²) in [5.41, 5.74) is 8.02. The zero-order chi connectivity index (χ0) is 30.7. The number of nitrogens with zero attached hydrogens (tertiary/aromatic N) is 3. The monoisotopic (exact) mass is 601 g/mol. The highest BCUT2D eigenvalue weighted by Gasteiger charge is 2.18. The van der Waals surface area contributed by atoms with E-state index in [0.717, 1.165) is 13.2 Å². The van der Waals surface area contributed by atoms with Gasteiger partial charge >= 0.3 is 6.03 Å². The summed E-state index contributed by atoms with van der Waals surface area (Å²) in [6.45, 7) is 4.87. The Hall–Kier alpha value is -4.43. The topological polar surface area (TPSA) is 161 Å². The Bertz CT molecular complexity index is 1620. The van der Waals surface area contributed by atoms with Gasteiger partial charge in [-0.1, -0.05) is 6.07 Å². The number of nitrogen functional groups attached to an aromatic ring is 1. The van der Waals surface area contributed by atoms with Gasteiger partial charge in [-0.3, -0.25) is 9.11 Å². The number of ether oxygens (including phenoxy) is 1. The third-order valence-corrected chi connectivity index (χ3v) is 7.05. The summed E-state index contributed by atoms with van der Waals surface area (Å²) >= 11 is 0. The molecule has 14 heteroatoms. The number of aromatic nitrogens is 3. The van der Waals surface area contributed by atoms with Crippen LogP contribution in [0.3, 0.4) is 0 Å². The minimum atomic E-state index is -3.92. The van der Waals surface area contributed by atoms with E-state index >= 15 is 4.39 Å². The summed E-state index contributed by atoms with van der Waals surface area (Å²) in [5.74, 6) is -0.898. The molecule has 4 rings (SSSR count). The van der Waals surface area contributed by atoms with Crippen LogP contribution >= 0.6 is 0 Å². The summed E-state index contributed by atoms with van der Waals surface area (Å²) in [7, 11) is -2.40. The molecule has 0 atom stereocenters. The van der Waals surface area contributed by atoms with Crippen molar-refractivity contribution >= 4 is 44.3 Å². The predicted molar refractivity (Wildman–Crippen MR) is 161 cm³/mol. The third-order valence-electron chi connectivity index (χ3n) is 5.69. The van der Waals surface area contributed by atoms with Crippen LogP contribution in [0.25, 0.3) is 33.7 Å². The smallest absolute Gasteiger partial charge is 0.318 e. The van der Waals surface area contributed by atoms with Crippen molar-refractivity contribution in [3.63, 3.8) is 0 Å². The van der Waals surface area contributed by atoms with Crippen molar-refractivity contribution < 1.29 is 26.7 Å². The molecule has 224 valence electrons. The number of halogens is 2. The molecular formula is C28H33F2N7O4S. The maximum atomic E-state index is 15.2. The predicted octanol–water partition coefficient (Wildman–Crippen LogP) is 4.98. The van der Waals surface area contributed by atoms with E-state index in [-0.39, 0.29) is 40.7 Å². The number of pyridine rings is 1. The molecule has 0 spiro atoms. The average molecular weight is 602 g/mol. The molecule has 0 fully saturated rings. The molecule has 0 saturated heterocycles. The van der Waals surface area contributed by atoms with E-state index in [2.05, 4.69) is 30.3 Å². The lowest BCUT2D eigenvalue weighted by atomic mass is 10.1. The first-order valence-corrected chi connectivity index (χ1v) is 14.7. The molecule has 0 radical (unpaired) electrons. The van der Waals surface area contributed by atoms with Crippen molar-refractivity contribution in [1.82, 2.24) is 20.3 Å². The Kier molecular flexibility index (Phi) is 11.4. The lowest BCUT2D eigenvalue weighted by Crippen LogP contribution is -2.24. The Labute approximate surface area is 243 Å². The molecule has 0 aliphatic heterocycles. The van der Waals surface area contributed by atoms with E-state index in [1.54, 1.807) is 30.3 Å². The average Bonchev–Trinajstić information content (AvgIpc) is 2.98. The summed E-state index contributed by atoms with van der Waals surface area (Å²) in [6, 6.07) is 13.8. The standard InChI is InChI=1S/C24H23F2N7O3S.C4H10O/c1-28-24(34)29-15-8-6-14(7-9-15)23-31-19-11-10-17(30-21(19)22(27)32-23)16-4-2-5-18(20(16)26)33-37(35,36)13-3-12-25;1-3-5-4-2/h2,4-11,33H,3,12-13H2,1H3,(H2,27,31,32)(H2,28,29,34);3-4H2,1-2H3. The molecule has 42 heavy (non-hydrogen) atoms. The Morgan fingerprint density at radius 3 is 2.33 bits per heavy atom. The quantitative estimate of drug-likeness (QED) is 0.198. The van der Waals surface area contributed by atoms with E-state index in [1.165, 1.54) is 31.3 Å². The maximum Gasteiger partial charge on any atom is 0.318 e. The molecule has 11 nitrogen and oxygen atoms in total. The molecule has 0 aliphatic carbocycles. The van der Waals surface area contributed by atoms with Gasteiger partial charge in [0.15, 0.2) is 17.5 Å². The van der Waals surface area contributed by atoms with Crippen molar-refractivity contribution in [1.29, 1.82) is 0 Å². The van der Waals surface area contributed by atoms with Crippen LogP contribution in [-0.4, -0.2) is 62.1 Å². The fourth-order valence-corrected chi connectivity index (χ4v) is 4.77. The fourth-order valence-electron chi connectivity index (χ4n) is 3.69. The number of nitrogens with two attached hydrogens (primary N) is 1. The van der Waals surface area contributed by atoms with Crippen LogP contribution in [0.4, 0.5) is 30.8 Å². The number of hydrogen-bond acceptors (Lipinski definition) is 8. The largest absolute Gasteiger partial charge is 0.382 e. The van der Waals surface area contributed by atoms with Gasteiger partial charge in [0.2, 0.25) is 10.0 Å². The van der Waals surface area contributed by atoms with Gasteiger partial charge in [0, 0.05) is 37.1 Å². The van der Waals surface area contributed by atoms with Crippen molar-refractivity contribution in [2.45, 2.75) is 20.3 Å². The second kappa shape index (κ2) is 15.0. The molecular weight excluding hydrogens is 568 g/mol. The van der Waals surface area contributed by atoms with Crippen LogP contribution in [0.1, 0.15) is 20.3 Å². The number of carbonyl (C=O) groups excluding carboxylic acids is 1. The summed E-state index contributed by atoms with van der Waals surface area (Å²) < 4.78 is 58.7. The molecule has 2 amide bonds. The van der Waals surface area contributed by atoms with E-state index in [0.29, 0.717) is 22.6 Å². The maximum absolute atomic E-state index is 15.2. The van der Waals surface area contributed by atoms with E-state index in [1.807, 2.05) is 13.8 Å². The van der Waals surface area contributed by atoms with Crippen molar-refractivity contribution in [3.05, 3.63) is 60.4 Å². The van der Waals surface area contributed by atoms with Crippen LogP contribution in [0.5, 0.6) is 0 Å². The molecule has 2 heterocycles. The molecule has 0 aliphatic rings. The second-order valence-corrected chi connectivity index (χ2v) is 10.5. The number of rotatable bonds is 10. The number of urea groups is 1. The molecule has 4 aromatic rings. The highest BCUT2D eigenvalue weighted by Crippen LogP contribution is 2.30. The number of benzene rings is 2. The normalized spacial score (nSPS) is 11.0. The SMILES string of the molecule is CCOCC.CNC(=O)Nc1ccc(-c2nc(N)c3nc(-c4cccc(NS(=O)(=O)CCCF)c4F)ccc3n2)cc1. The third kappa shape index (κ3) is 8.54. The van der Waals surface area contributed by atoms with Gasteiger partial charge in [-0.2, -0.15) is 0 Å². The number of alkyl halides is 1. The van der Waals surface area contributed by atoms with Gasteiger partial charge < -0.3 is 21.1 Å². The summed E-state index contributed by atoms with van der Waals surface area (Å²) in [4.78, 5) is 24.7. The lowest BCUT2D eigenvalue weighted by molar-refractivity contribution is 0.162. The van der Waals surface area contributed by atoms with Crippen LogP contribution in [0.2, 0.25) is 0 Å². The van der Waals surface area contributed by atoms with Gasteiger partial charge in [0.1, 0.15) is 5.52 Å². The van der Waals surface area contributed by atoms with Crippen LogP contribution in [-0.2, 0) is 14.8 Å². The lowest BCUT2D eigenvalue weighted by Gasteiger charge is -2.12. The number of amides is 2. The highest BCUT2D eigenvalue weighted by molar-refractivity contribution is 7.92. The van der Waals surface area contributed by atoms with Crippen LogP contribution in [0, 0.1) is 5.82 Å². The highest BCUT2D eigenvalue weighted by atomic mass is 32.2. The summed E-state index contributed by atoms with van der Waals surface area (Å²) in [6.07, 6.45) is -0.193. The van der Waals surface area contributed by atoms with Gasteiger partial charge in [0.05, 0.1) is 29.3 Å². The second-order valence-electron chi connectivity index (χ2n) is 8.69. The molecule has 0 unspecified atom stereocenters. The van der Waals surface area contributed by atoms with E-state index < -0.39 is 28.3 Å². The molecule has 2 aromatic heterocycles.